The van der Waals surface area contributed by atoms with Gasteiger partial charge in [0.05, 0.1) is 152 Å². The van der Waals surface area contributed by atoms with Crippen molar-refractivity contribution in [2.75, 3.05) is 89.7 Å². The fraction of sp³-hybridized carbons (Fsp3) is 0.183. The number of esters is 1. The summed E-state index contributed by atoms with van der Waals surface area (Å²) >= 11 is 50.8. The van der Waals surface area contributed by atoms with Gasteiger partial charge >= 0.3 is 35.3 Å². The molecule has 11 N–H and O–H groups in total. The first kappa shape index (κ1) is 104. The van der Waals surface area contributed by atoms with Crippen LogP contribution in [0.15, 0.2) is 140 Å². The molecule has 0 saturated carbocycles. The number of phenolic OH excluding ortho intramolecular Hbond substituents is 4. The predicted octanol–water partition coefficient (Wildman–Crippen LogP) is 19.5. The van der Waals surface area contributed by atoms with Gasteiger partial charge in [-0.1, -0.05) is 119 Å². The average Bonchev–Trinajstić information content (AvgIpc) is 0.828. The van der Waals surface area contributed by atoms with Gasteiger partial charge in [0, 0.05) is 61.0 Å². The van der Waals surface area contributed by atoms with Gasteiger partial charge in [0.2, 0.25) is 5.75 Å². The van der Waals surface area contributed by atoms with Crippen molar-refractivity contribution < 1.29 is 123 Å². The number of carboxylic acid groups (broad SMARTS) is 3. The maximum absolute atomic E-state index is 11.1. The average molecular weight is 1740 g/mol. The molecule has 30 nitrogen and oxygen atoms in total. The van der Waals surface area contributed by atoms with Crippen molar-refractivity contribution in [3.05, 3.63) is 227 Å². The summed E-state index contributed by atoms with van der Waals surface area (Å²) in [7, 11) is 16.1. The van der Waals surface area contributed by atoms with Crippen LogP contribution < -0.4 is 58.8 Å². The normalized spacial score (nSPS) is 9.30. The standard InChI is InChI=1S/C9H9ClO3.C8H8ClNO4.2C8H7ClO3.C8H9ClO2.C7H6ClNO4.2C7H8ClNO2.C7H5ClO3.2CH4.FH.H2/c1-12-6-3-4-7(8(10)5-6)9(11)13-2;1-13-5-3-6(9)8(10(11)12)7(4-5)14-2;2*1-12-5-2-3-6(8(10)11)7(9)4-5;1-10-7-3-6(9)4-8(5-7)11-2;1-13-4-2-5(8)7(9(11)12)6(10)3-4;2*1-11-4-2-5(8)7(9)6(10)3-4;8-6-3-4(9)1-2-5(6)7(10)11;;;;/h3-5H,1-2H3;3-4H,1-2H3;2*2-4H,1H3,(H,10,11);3-5H,1-2H3;2-3,10H,1H3;2*2-3,10H,9H2,1H3;1-3,9H,(H,10,11);2*1H4;2*1H/i;;;;;;;;;;;;1+1. The Morgan fingerprint density at radius 1 is 0.342 bits per heavy atom. The van der Waals surface area contributed by atoms with Crippen LogP contribution in [0.1, 0.15) is 57.7 Å². The van der Waals surface area contributed by atoms with Crippen LogP contribution in [0, 0.1) is 20.2 Å². The highest BCUT2D eigenvalue weighted by Crippen LogP contribution is 2.40. The topological polar surface area (TPSA) is 450 Å². The molecule has 0 heterocycles. The van der Waals surface area contributed by atoms with Crippen molar-refractivity contribution >= 4 is 151 Å². The lowest BCUT2D eigenvalue weighted by Crippen LogP contribution is -2.01. The summed E-state index contributed by atoms with van der Waals surface area (Å²) in [4.78, 5) is 62.1. The molecule has 0 aliphatic rings. The first-order chi connectivity index (χ1) is 50.8. The van der Waals surface area contributed by atoms with Crippen molar-refractivity contribution in [2.45, 2.75) is 14.9 Å². The number of ether oxygens (including phenoxy) is 11. The molecule has 9 rings (SSSR count). The number of halogens is 10. The van der Waals surface area contributed by atoms with Crippen LogP contribution in [0.25, 0.3) is 0 Å². The molecule has 0 aliphatic carbocycles. The first-order valence-electron chi connectivity index (χ1n) is 28.9. The Hall–Kier alpha value is -11.0. The molecule has 9 aromatic carbocycles. The maximum atomic E-state index is 11.1. The van der Waals surface area contributed by atoms with Crippen LogP contribution in [0.5, 0.6) is 80.5 Å². The lowest BCUT2D eigenvalue weighted by Gasteiger charge is -2.05. The van der Waals surface area contributed by atoms with Gasteiger partial charge < -0.3 is 99.3 Å². The number of benzene rings is 9. The van der Waals surface area contributed by atoms with Crippen molar-refractivity contribution in [3.8, 4) is 80.5 Å². The lowest BCUT2D eigenvalue weighted by atomic mass is 10.2. The minimum Gasteiger partial charge on any atom is -0.508 e. The summed E-state index contributed by atoms with van der Waals surface area (Å²) in [5.41, 5.74) is 10.8. The Morgan fingerprint density at radius 3 is 0.883 bits per heavy atom. The molecule has 111 heavy (non-hydrogen) atoms. The summed E-state index contributed by atoms with van der Waals surface area (Å²) in [6.07, 6.45) is 0. The number of nitrogens with two attached hydrogens (primary N) is 2. The molecule has 9 aromatic rings. The van der Waals surface area contributed by atoms with Crippen LogP contribution in [-0.2, 0) is 4.74 Å². The van der Waals surface area contributed by atoms with E-state index in [1.165, 1.54) is 149 Å². The fourth-order valence-electron chi connectivity index (χ4n) is 7.19. The Kier molecular flexibility index (Phi) is 49.7. The number of carbonyl (C=O) groups is 4. The summed E-state index contributed by atoms with van der Waals surface area (Å²) < 4.78 is 53.2. The number of rotatable bonds is 16. The fourth-order valence-corrected chi connectivity index (χ4v) is 9.37. The van der Waals surface area contributed by atoms with Crippen molar-refractivity contribution in [2.24, 2.45) is 0 Å². The number of carboxylic acids is 3. The van der Waals surface area contributed by atoms with Crippen molar-refractivity contribution in [1.29, 1.82) is 0 Å². The van der Waals surface area contributed by atoms with Gasteiger partial charge in [-0.05, 0) is 84.9 Å². The number of nitrogens with zero attached hydrogens (tertiary/aromatic N) is 2. The molecular formula is C71H78Cl9FN4O26. The molecule has 40 heteroatoms. The monoisotopic (exact) mass is 1740 g/mol. The van der Waals surface area contributed by atoms with Crippen molar-refractivity contribution in [3.63, 3.8) is 0 Å². The van der Waals surface area contributed by atoms with E-state index in [0.29, 0.717) is 71.7 Å². The van der Waals surface area contributed by atoms with Gasteiger partial charge in [-0.2, -0.15) is 0 Å². The van der Waals surface area contributed by atoms with Crippen LogP contribution in [0.4, 0.5) is 27.5 Å². The summed E-state index contributed by atoms with van der Waals surface area (Å²) in [6.45, 7) is 0. The highest BCUT2D eigenvalue weighted by Gasteiger charge is 2.22. The molecule has 608 valence electrons. The van der Waals surface area contributed by atoms with Crippen LogP contribution in [0.3, 0.4) is 0 Å². The summed E-state index contributed by atoms with van der Waals surface area (Å²) in [5.74, 6) is 0.552. The number of hydrogen-bond donors (Lipinski definition) is 9. The van der Waals surface area contributed by atoms with E-state index in [2.05, 4.69) is 4.74 Å². The van der Waals surface area contributed by atoms with Crippen molar-refractivity contribution in [1.82, 2.24) is 0 Å². The van der Waals surface area contributed by atoms with Crippen LogP contribution in [0.2, 0.25) is 45.2 Å². The minimum atomic E-state index is -1.10. The lowest BCUT2D eigenvalue weighted by molar-refractivity contribution is -0.385. The number of anilines is 2. The van der Waals surface area contributed by atoms with Gasteiger partial charge in [-0.25, -0.2) is 19.2 Å². The molecule has 0 radical (unpaired) electrons. The number of nitrogen functional groups attached to an aromatic ring is 2. The molecular weight excluding hydrogens is 1660 g/mol. The van der Waals surface area contributed by atoms with Gasteiger partial charge in [-0.3, -0.25) is 24.9 Å². The first-order valence-corrected chi connectivity index (χ1v) is 32.3. The van der Waals surface area contributed by atoms with Gasteiger partial charge in [0.1, 0.15) is 79.0 Å². The minimum absolute atomic E-state index is 0. The maximum Gasteiger partial charge on any atom is 0.339 e. The number of aromatic hydroxyl groups is 4. The molecule has 0 bridgehead atoms. The van der Waals surface area contributed by atoms with Crippen LogP contribution in [-0.4, -0.2) is 148 Å². The Morgan fingerprint density at radius 2 is 0.613 bits per heavy atom. The number of carbonyl (C=O) groups excluding carboxylic acids is 1. The van der Waals surface area contributed by atoms with E-state index in [9.17, 15) is 39.4 Å². The van der Waals surface area contributed by atoms with E-state index in [-0.39, 0.29) is 109 Å². The highest BCUT2D eigenvalue weighted by atomic mass is 35.5. The van der Waals surface area contributed by atoms with Gasteiger partial charge in [-0.15, -0.1) is 0 Å². The highest BCUT2D eigenvalue weighted by molar-refractivity contribution is 6.36. The third kappa shape index (κ3) is 35.1. The smallest absolute Gasteiger partial charge is 0.339 e. The predicted molar refractivity (Wildman–Crippen MR) is 428 cm³/mol. The summed E-state index contributed by atoms with van der Waals surface area (Å²) in [5, 5.41) is 84.7. The Balaban J connectivity index is -0.000000584. The van der Waals surface area contributed by atoms with Gasteiger partial charge in [0.15, 0.2) is 5.75 Å². The number of nitro benzene ring substituents is 2. The van der Waals surface area contributed by atoms with E-state index in [1.54, 1.807) is 62.8 Å². The van der Waals surface area contributed by atoms with E-state index >= 15 is 0 Å². The number of nitro groups is 2. The van der Waals surface area contributed by atoms with Crippen LogP contribution >= 0.6 is 104 Å². The molecule has 0 saturated heterocycles. The third-order valence-electron chi connectivity index (χ3n) is 12.6. The molecule has 0 aromatic heterocycles. The zero-order valence-electron chi connectivity index (χ0n) is 58.5. The molecule has 0 amide bonds. The number of hydrogen-bond acceptors (Lipinski definition) is 25. The second-order valence-electron chi connectivity index (χ2n) is 19.4. The number of aromatic carboxylic acids is 3. The zero-order valence-corrected chi connectivity index (χ0v) is 65.3. The van der Waals surface area contributed by atoms with E-state index < -0.39 is 45.2 Å². The molecule has 0 atom stereocenters. The van der Waals surface area contributed by atoms with Gasteiger partial charge in [0.25, 0.3) is 0 Å². The Bertz CT molecular complexity index is 4350. The molecule has 0 fully saturated rings. The second-order valence-corrected chi connectivity index (χ2v) is 23.1. The van der Waals surface area contributed by atoms with E-state index in [0.717, 1.165) is 6.07 Å². The molecule has 0 spiro atoms. The van der Waals surface area contributed by atoms with E-state index in [4.69, 9.17) is 199 Å². The molecule has 0 aliphatic heterocycles. The SMILES string of the molecule is C.C.COC(=O)c1ccc(OC)cc1Cl.COc1cc(Cl)c([N+](=O)[O-])c(OC)c1.COc1cc(Cl)cc(OC)c1.COc1cc(O)c(N)c(Cl)c1.COc1cc(O)c(N)c(Cl)c1.COc1cc(O)c([N+](=O)[O-])c(Cl)c1.COc1ccc(C(=O)O)c(Cl)c1.COc1ccc(C(=O)O)c(Cl)c1.F.O=C(O)c1ccc(O)cc1Cl.[2HH]. The number of methoxy groups -OCH3 is 11. The third-order valence-corrected chi connectivity index (χ3v) is 15.3. The largest absolute Gasteiger partial charge is 0.508 e. The molecule has 0 unspecified atom stereocenters. The Labute approximate surface area is 682 Å². The zero-order chi connectivity index (χ0) is 82.4. The quantitative estimate of drug-likeness (QED) is 0.0143. The number of phenols is 4. The summed E-state index contributed by atoms with van der Waals surface area (Å²) in [6, 6.07) is 33.6. The second kappa shape index (κ2) is 53.0. The van der Waals surface area contributed by atoms with E-state index in [1.807, 2.05) is 0 Å².